The molecule has 0 atom stereocenters. The van der Waals surface area contributed by atoms with Crippen molar-refractivity contribution in [3.05, 3.63) is 17.0 Å². The summed E-state index contributed by atoms with van der Waals surface area (Å²) < 4.78 is 1.91. The molecule has 0 spiro atoms. The third-order valence-corrected chi connectivity index (χ3v) is 5.13. The van der Waals surface area contributed by atoms with Crippen LogP contribution in [0.1, 0.15) is 55.5 Å². The zero-order chi connectivity index (χ0) is 15.6. The van der Waals surface area contributed by atoms with Gasteiger partial charge in [-0.15, -0.1) is 0 Å². The van der Waals surface area contributed by atoms with Gasteiger partial charge in [0.15, 0.2) is 0 Å². The topological polar surface area (TPSA) is 58.4 Å². The molecule has 0 bridgehead atoms. The molecule has 1 N–H and O–H groups in total. The molecule has 0 radical (unpaired) electrons. The first kappa shape index (κ1) is 16.0. The summed E-state index contributed by atoms with van der Waals surface area (Å²) in [5.74, 6) is -0.691. The van der Waals surface area contributed by atoms with E-state index < -0.39 is 5.97 Å². The molecular weight excluding hydrogens is 266 g/mol. The van der Waals surface area contributed by atoms with Gasteiger partial charge < -0.3 is 5.11 Å². The molecular formula is C16H27N3O2. The highest BCUT2D eigenvalue weighted by Crippen LogP contribution is 2.37. The number of rotatable bonds is 5. The van der Waals surface area contributed by atoms with Crippen LogP contribution in [-0.4, -0.2) is 38.3 Å². The van der Waals surface area contributed by atoms with Gasteiger partial charge in [0.05, 0.1) is 12.1 Å². The smallest absolute Gasteiger partial charge is 0.305 e. The average Bonchev–Trinajstić information content (AvgIpc) is 2.65. The molecule has 1 heterocycles. The minimum atomic E-state index is -0.691. The van der Waals surface area contributed by atoms with Crippen molar-refractivity contribution >= 4 is 5.97 Å². The number of carboxylic acid groups (broad SMARTS) is 1. The van der Waals surface area contributed by atoms with Crippen molar-refractivity contribution in [1.82, 2.24) is 14.7 Å². The Morgan fingerprint density at radius 3 is 2.43 bits per heavy atom. The zero-order valence-corrected chi connectivity index (χ0v) is 13.6. The van der Waals surface area contributed by atoms with Crippen LogP contribution in [0.4, 0.5) is 0 Å². The van der Waals surface area contributed by atoms with Crippen molar-refractivity contribution in [3.8, 4) is 0 Å². The molecule has 0 amide bonds. The first-order valence-electron chi connectivity index (χ1n) is 7.78. The third kappa shape index (κ3) is 3.28. The Bertz CT molecular complexity index is 516. The second-order valence-corrected chi connectivity index (χ2v) is 6.48. The second kappa shape index (κ2) is 6.18. The molecule has 5 heteroatoms. The third-order valence-electron chi connectivity index (χ3n) is 5.13. The number of aliphatic carboxylic acids is 1. The van der Waals surface area contributed by atoms with Crippen LogP contribution in [0.2, 0.25) is 0 Å². The van der Waals surface area contributed by atoms with Crippen LogP contribution in [0.5, 0.6) is 0 Å². The first-order valence-corrected chi connectivity index (χ1v) is 7.78. The fraction of sp³-hybridized carbons (Fsp3) is 0.750. The quantitative estimate of drug-likeness (QED) is 0.906. The molecule has 0 aromatic carbocycles. The molecule has 1 aliphatic rings. The Labute approximate surface area is 126 Å². The minimum Gasteiger partial charge on any atom is -0.481 e. The summed E-state index contributed by atoms with van der Waals surface area (Å²) in [4.78, 5) is 13.6. The monoisotopic (exact) mass is 293 g/mol. The molecule has 1 fully saturated rings. The van der Waals surface area contributed by atoms with Gasteiger partial charge in [0, 0.05) is 30.4 Å². The summed E-state index contributed by atoms with van der Waals surface area (Å²) in [7, 11) is 4.03. The lowest BCUT2D eigenvalue weighted by atomic mass is 9.78. The van der Waals surface area contributed by atoms with E-state index in [0.717, 1.165) is 37.9 Å². The molecule has 1 aliphatic carbocycles. The molecule has 1 aromatic rings. The maximum absolute atomic E-state index is 11.3. The van der Waals surface area contributed by atoms with Crippen molar-refractivity contribution in [2.24, 2.45) is 7.05 Å². The Morgan fingerprint density at radius 2 is 1.95 bits per heavy atom. The summed E-state index contributed by atoms with van der Waals surface area (Å²) in [5.41, 5.74) is 3.25. The van der Waals surface area contributed by atoms with Crippen LogP contribution < -0.4 is 0 Å². The summed E-state index contributed by atoms with van der Waals surface area (Å²) in [6.07, 6.45) is 5.68. The summed E-state index contributed by atoms with van der Waals surface area (Å²) in [6, 6.07) is 0. The maximum Gasteiger partial charge on any atom is 0.305 e. The number of nitrogens with zero attached hydrogens (tertiary/aromatic N) is 3. The number of hydrogen-bond acceptors (Lipinski definition) is 3. The molecule has 1 aromatic heterocycles. The van der Waals surface area contributed by atoms with E-state index >= 15 is 0 Å². The summed E-state index contributed by atoms with van der Waals surface area (Å²) >= 11 is 0. The molecule has 0 unspecified atom stereocenters. The standard InChI is InChI=1S/C16H27N3O2/c1-12-14(13(2)19(4)17-12)11-18(3)16(10-15(20)21)8-6-5-7-9-16/h5-11H2,1-4H3,(H,20,21). The zero-order valence-electron chi connectivity index (χ0n) is 13.6. The molecule has 0 saturated heterocycles. The SMILES string of the molecule is Cc1nn(C)c(C)c1CN(C)C1(CC(=O)O)CCCCC1. The van der Waals surface area contributed by atoms with E-state index in [9.17, 15) is 9.90 Å². The molecule has 0 aliphatic heterocycles. The number of carbonyl (C=O) groups is 1. The van der Waals surface area contributed by atoms with Crippen LogP contribution in [0.15, 0.2) is 0 Å². The van der Waals surface area contributed by atoms with Gasteiger partial charge in [-0.3, -0.25) is 14.4 Å². The highest BCUT2D eigenvalue weighted by atomic mass is 16.4. The Kier molecular flexibility index (Phi) is 4.71. The largest absolute Gasteiger partial charge is 0.481 e. The van der Waals surface area contributed by atoms with Gasteiger partial charge in [-0.2, -0.15) is 5.10 Å². The van der Waals surface area contributed by atoms with Crippen LogP contribution in [-0.2, 0) is 18.4 Å². The number of carboxylic acids is 1. The van der Waals surface area contributed by atoms with Gasteiger partial charge in [0.1, 0.15) is 0 Å². The van der Waals surface area contributed by atoms with Gasteiger partial charge in [0.2, 0.25) is 0 Å². The molecule has 1 saturated carbocycles. The van der Waals surface area contributed by atoms with Crippen molar-refractivity contribution in [3.63, 3.8) is 0 Å². The minimum absolute atomic E-state index is 0.196. The lowest BCUT2D eigenvalue weighted by Crippen LogP contribution is -2.49. The predicted octanol–water partition coefficient (Wildman–Crippen LogP) is 2.65. The highest BCUT2D eigenvalue weighted by Gasteiger charge is 2.38. The molecule has 118 valence electrons. The summed E-state index contributed by atoms with van der Waals surface area (Å²) in [6.45, 7) is 4.88. The summed E-state index contributed by atoms with van der Waals surface area (Å²) in [5, 5.41) is 13.8. The molecule has 21 heavy (non-hydrogen) atoms. The van der Waals surface area contributed by atoms with E-state index in [1.54, 1.807) is 0 Å². The second-order valence-electron chi connectivity index (χ2n) is 6.48. The van der Waals surface area contributed by atoms with Gasteiger partial charge in [-0.25, -0.2) is 0 Å². The highest BCUT2D eigenvalue weighted by molar-refractivity contribution is 5.68. The molecule has 2 rings (SSSR count). The lowest BCUT2D eigenvalue weighted by molar-refractivity contribution is -0.141. The van der Waals surface area contributed by atoms with Crippen molar-refractivity contribution in [2.75, 3.05) is 7.05 Å². The van der Waals surface area contributed by atoms with Gasteiger partial charge in [0.25, 0.3) is 0 Å². The average molecular weight is 293 g/mol. The van der Waals surface area contributed by atoms with Crippen LogP contribution in [0.3, 0.4) is 0 Å². The number of hydrogen-bond donors (Lipinski definition) is 1. The van der Waals surface area contributed by atoms with Crippen molar-refractivity contribution < 1.29 is 9.90 Å². The maximum atomic E-state index is 11.3. The van der Waals surface area contributed by atoms with E-state index in [0.29, 0.717) is 0 Å². The number of aromatic nitrogens is 2. The first-order chi connectivity index (χ1) is 9.85. The predicted molar refractivity (Wildman–Crippen MR) is 82.2 cm³/mol. The number of aryl methyl sites for hydroxylation is 2. The lowest BCUT2D eigenvalue weighted by Gasteiger charge is -2.44. The van der Waals surface area contributed by atoms with E-state index in [4.69, 9.17) is 0 Å². The van der Waals surface area contributed by atoms with Crippen LogP contribution in [0, 0.1) is 13.8 Å². The van der Waals surface area contributed by atoms with Crippen LogP contribution >= 0.6 is 0 Å². The van der Waals surface area contributed by atoms with E-state index in [1.165, 1.54) is 17.7 Å². The Hall–Kier alpha value is -1.36. The van der Waals surface area contributed by atoms with Gasteiger partial charge in [-0.1, -0.05) is 19.3 Å². The van der Waals surface area contributed by atoms with E-state index in [-0.39, 0.29) is 12.0 Å². The fourth-order valence-corrected chi connectivity index (χ4v) is 3.64. The van der Waals surface area contributed by atoms with Gasteiger partial charge >= 0.3 is 5.97 Å². The van der Waals surface area contributed by atoms with E-state index in [2.05, 4.69) is 24.0 Å². The van der Waals surface area contributed by atoms with E-state index in [1.807, 2.05) is 18.7 Å². The van der Waals surface area contributed by atoms with Crippen molar-refractivity contribution in [2.45, 2.75) is 64.5 Å². The molecule has 5 nitrogen and oxygen atoms in total. The van der Waals surface area contributed by atoms with Crippen molar-refractivity contribution in [1.29, 1.82) is 0 Å². The fourth-order valence-electron chi connectivity index (χ4n) is 3.64. The van der Waals surface area contributed by atoms with Crippen LogP contribution in [0.25, 0.3) is 0 Å². The Balaban J connectivity index is 2.22. The normalized spacial score (nSPS) is 18.1. The Morgan fingerprint density at radius 1 is 1.33 bits per heavy atom. The van der Waals surface area contributed by atoms with Gasteiger partial charge in [-0.05, 0) is 33.7 Å².